The minimum absolute atomic E-state index is 0.0855. The number of alkyl halides is 3. The van der Waals surface area contributed by atoms with Gasteiger partial charge in [-0.25, -0.2) is 0 Å². The van der Waals surface area contributed by atoms with Crippen LogP contribution in [-0.2, 0) is 0 Å². The molecule has 0 aliphatic heterocycles. The van der Waals surface area contributed by atoms with Gasteiger partial charge in [0.2, 0.25) is 0 Å². The second-order valence-corrected chi connectivity index (χ2v) is 6.09. The third kappa shape index (κ3) is 5.53. The SMILES string of the molecule is CC(=CCO)c1cc(C(C)C)nc(C(C)C)c1OCC(F)(F)F. The highest BCUT2D eigenvalue weighted by Crippen LogP contribution is 2.36. The third-order valence-corrected chi connectivity index (χ3v) is 3.36. The van der Waals surface area contributed by atoms with E-state index >= 15 is 0 Å². The summed E-state index contributed by atoms with van der Waals surface area (Å²) in [4.78, 5) is 4.49. The molecule has 130 valence electrons. The van der Waals surface area contributed by atoms with Crippen LogP contribution in [0.4, 0.5) is 13.2 Å². The van der Waals surface area contributed by atoms with Gasteiger partial charge in [-0.3, -0.25) is 4.98 Å². The number of halogens is 3. The average molecular weight is 331 g/mol. The fourth-order valence-corrected chi connectivity index (χ4v) is 2.11. The highest BCUT2D eigenvalue weighted by molar-refractivity contribution is 5.70. The summed E-state index contributed by atoms with van der Waals surface area (Å²) >= 11 is 0. The molecule has 3 nitrogen and oxygen atoms in total. The number of pyridine rings is 1. The van der Waals surface area contributed by atoms with Crippen molar-refractivity contribution in [2.45, 2.75) is 52.6 Å². The van der Waals surface area contributed by atoms with Gasteiger partial charge in [0.15, 0.2) is 6.61 Å². The van der Waals surface area contributed by atoms with E-state index in [1.165, 1.54) is 0 Å². The maximum atomic E-state index is 12.6. The van der Waals surface area contributed by atoms with E-state index in [2.05, 4.69) is 4.98 Å². The molecule has 23 heavy (non-hydrogen) atoms. The lowest BCUT2D eigenvalue weighted by Crippen LogP contribution is -2.21. The lowest BCUT2D eigenvalue weighted by Gasteiger charge is -2.21. The lowest BCUT2D eigenvalue weighted by atomic mass is 9.97. The Morgan fingerprint density at radius 2 is 1.87 bits per heavy atom. The molecule has 0 fully saturated rings. The molecule has 1 rings (SSSR count). The van der Waals surface area contributed by atoms with Crippen LogP contribution in [0.15, 0.2) is 12.1 Å². The number of rotatable bonds is 6. The van der Waals surface area contributed by atoms with Crippen molar-refractivity contribution in [3.05, 3.63) is 29.1 Å². The van der Waals surface area contributed by atoms with Gasteiger partial charge in [-0.05, 0) is 30.4 Å². The second-order valence-electron chi connectivity index (χ2n) is 6.09. The fourth-order valence-electron chi connectivity index (χ4n) is 2.11. The minimum Gasteiger partial charge on any atom is -0.482 e. The van der Waals surface area contributed by atoms with Crippen molar-refractivity contribution in [2.75, 3.05) is 13.2 Å². The molecule has 0 saturated heterocycles. The summed E-state index contributed by atoms with van der Waals surface area (Å²) in [6.07, 6.45) is -2.87. The summed E-state index contributed by atoms with van der Waals surface area (Å²) in [5.74, 6) is 0.186. The van der Waals surface area contributed by atoms with Gasteiger partial charge in [-0.2, -0.15) is 13.2 Å². The molecular weight excluding hydrogens is 307 g/mol. The van der Waals surface area contributed by atoms with Gasteiger partial charge in [0.05, 0.1) is 12.3 Å². The summed E-state index contributed by atoms with van der Waals surface area (Å²) in [6, 6.07) is 1.74. The second kappa shape index (κ2) is 7.81. The topological polar surface area (TPSA) is 42.4 Å². The van der Waals surface area contributed by atoms with Crippen LogP contribution in [0.3, 0.4) is 0 Å². The zero-order valence-corrected chi connectivity index (χ0v) is 14.2. The molecule has 0 spiro atoms. The van der Waals surface area contributed by atoms with Crippen molar-refractivity contribution in [3.8, 4) is 5.75 Å². The number of hydrogen-bond acceptors (Lipinski definition) is 3. The van der Waals surface area contributed by atoms with Crippen LogP contribution in [0.2, 0.25) is 0 Å². The molecule has 6 heteroatoms. The van der Waals surface area contributed by atoms with Crippen LogP contribution in [-0.4, -0.2) is 29.5 Å². The molecule has 0 atom stereocenters. The van der Waals surface area contributed by atoms with Gasteiger partial charge in [-0.15, -0.1) is 0 Å². The van der Waals surface area contributed by atoms with Crippen LogP contribution in [0, 0.1) is 0 Å². The number of allylic oxidation sites excluding steroid dienone is 1. The van der Waals surface area contributed by atoms with Crippen LogP contribution in [0.5, 0.6) is 5.75 Å². The van der Waals surface area contributed by atoms with Crippen molar-refractivity contribution in [3.63, 3.8) is 0 Å². The van der Waals surface area contributed by atoms with Crippen molar-refractivity contribution in [1.29, 1.82) is 0 Å². The summed E-state index contributed by atoms with van der Waals surface area (Å²) in [5.41, 5.74) is 2.50. The number of ether oxygens (including phenoxy) is 1. The maximum Gasteiger partial charge on any atom is 0.422 e. The molecule has 1 aromatic heterocycles. The number of aromatic nitrogens is 1. The van der Waals surface area contributed by atoms with Gasteiger partial charge in [0.25, 0.3) is 0 Å². The Kier molecular flexibility index (Phi) is 6.62. The molecule has 0 radical (unpaired) electrons. The van der Waals surface area contributed by atoms with E-state index in [0.29, 0.717) is 16.8 Å². The van der Waals surface area contributed by atoms with Crippen molar-refractivity contribution < 1.29 is 23.0 Å². The number of hydrogen-bond donors (Lipinski definition) is 1. The highest BCUT2D eigenvalue weighted by Gasteiger charge is 2.30. The first-order valence-corrected chi connectivity index (χ1v) is 7.59. The quantitative estimate of drug-likeness (QED) is 0.824. The Hall–Kier alpha value is -1.56. The van der Waals surface area contributed by atoms with Crippen molar-refractivity contribution in [2.24, 2.45) is 0 Å². The standard InChI is InChI=1S/C17H24F3NO2/c1-10(2)14-8-13(12(5)6-7-22)16(15(21-14)11(3)4)23-9-17(18,19)20/h6,8,10-11,22H,7,9H2,1-5H3. The van der Waals surface area contributed by atoms with Crippen LogP contribution in [0.25, 0.3) is 5.57 Å². The molecule has 1 aromatic rings. The van der Waals surface area contributed by atoms with Crippen molar-refractivity contribution in [1.82, 2.24) is 4.98 Å². The van der Waals surface area contributed by atoms with E-state index in [9.17, 15) is 13.2 Å². The highest BCUT2D eigenvalue weighted by atomic mass is 19.4. The molecule has 0 aliphatic carbocycles. The van der Waals surface area contributed by atoms with Crippen LogP contribution in [0.1, 0.15) is 63.4 Å². The Morgan fingerprint density at radius 3 is 2.30 bits per heavy atom. The lowest BCUT2D eigenvalue weighted by molar-refractivity contribution is -0.153. The van der Waals surface area contributed by atoms with E-state index in [1.807, 2.05) is 27.7 Å². The molecule has 1 heterocycles. The smallest absolute Gasteiger partial charge is 0.422 e. The summed E-state index contributed by atoms with van der Waals surface area (Å²) in [5, 5.41) is 9.09. The van der Waals surface area contributed by atoms with Crippen LogP contribution < -0.4 is 4.74 Å². The zero-order valence-electron chi connectivity index (χ0n) is 14.2. The number of aliphatic hydroxyl groups is 1. The molecule has 0 bridgehead atoms. The summed E-state index contributed by atoms with van der Waals surface area (Å²) in [6.45, 7) is 7.84. The molecule has 1 N–H and O–H groups in total. The van der Waals surface area contributed by atoms with Crippen molar-refractivity contribution >= 4 is 5.57 Å². The maximum absolute atomic E-state index is 12.6. The van der Waals surface area contributed by atoms with Gasteiger partial charge in [0, 0.05) is 11.3 Å². The summed E-state index contributed by atoms with van der Waals surface area (Å²) < 4.78 is 42.8. The Balaban J connectivity index is 3.49. The zero-order chi connectivity index (χ0) is 17.8. The predicted octanol–water partition coefficient (Wildman–Crippen LogP) is 4.67. The molecule has 0 aromatic carbocycles. The normalized spacial score (nSPS) is 13.1. The molecule has 0 unspecified atom stereocenters. The number of nitrogens with zero attached hydrogens (tertiary/aromatic N) is 1. The first-order valence-electron chi connectivity index (χ1n) is 7.59. The van der Waals surface area contributed by atoms with Crippen LogP contribution >= 0.6 is 0 Å². The minimum atomic E-state index is -4.42. The van der Waals surface area contributed by atoms with E-state index in [-0.39, 0.29) is 24.2 Å². The fraction of sp³-hybridized carbons (Fsp3) is 0.588. The molecule has 0 amide bonds. The Labute approximate surface area is 135 Å². The van der Waals surface area contributed by atoms with E-state index in [4.69, 9.17) is 9.84 Å². The average Bonchev–Trinajstić information content (AvgIpc) is 2.43. The van der Waals surface area contributed by atoms with E-state index in [0.717, 1.165) is 5.69 Å². The van der Waals surface area contributed by atoms with Gasteiger partial charge < -0.3 is 9.84 Å². The van der Waals surface area contributed by atoms with Gasteiger partial charge >= 0.3 is 6.18 Å². The van der Waals surface area contributed by atoms with E-state index < -0.39 is 12.8 Å². The third-order valence-electron chi connectivity index (χ3n) is 3.36. The summed E-state index contributed by atoms with van der Waals surface area (Å²) in [7, 11) is 0. The first kappa shape index (κ1) is 19.5. The van der Waals surface area contributed by atoms with E-state index in [1.54, 1.807) is 19.1 Å². The largest absolute Gasteiger partial charge is 0.482 e. The van der Waals surface area contributed by atoms with Gasteiger partial charge in [0.1, 0.15) is 5.75 Å². The number of aliphatic hydroxyl groups excluding tert-OH is 1. The molecule has 0 aliphatic rings. The predicted molar refractivity (Wildman–Crippen MR) is 84.7 cm³/mol. The Morgan fingerprint density at radius 1 is 1.26 bits per heavy atom. The first-order chi connectivity index (χ1) is 10.6. The molecular formula is C17H24F3NO2. The Bertz CT molecular complexity index is 564. The molecule has 0 saturated carbocycles. The monoisotopic (exact) mass is 331 g/mol. The van der Waals surface area contributed by atoms with Gasteiger partial charge in [-0.1, -0.05) is 33.8 Å².